The minimum Gasteiger partial charge on any atom is -0.466 e. The normalized spacial score (nSPS) is 17.5. The molecule has 1 rings (SSSR count). The van der Waals surface area contributed by atoms with E-state index in [1.807, 2.05) is 0 Å². The van der Waals surface area contributed by atoms with Crippen LogP contribution in [-0.2, 0) is 9.53 Å². The number of carbonyl (C=O) groups is 1. The third-order valence-corrected chi connectivity index (χ3v) is 2.99. The summed E-state index contributed by atoms with van der Waals surface area (Å²) in [4.78, 5) is 11.3. The molecule has 0 aromatic carbocycles. The number of esters is 1. The maximum absolute atomic E-state index is 11.3. The predicted octanol–water partition coefficient (Wildman–Crippen LogP) is 2.09. The summed E-state index contributed by atoms with van der Waals surface area (Å²) in [5.74, 6) is 1.33. The molecule has 0 amide bonds. The summed E-state index contributed by atoms with van der Waals surface area (Å²) in [7, 11) is 0. The lowest BCUT2D eigenvalue weighted by Gasteiger charge is -2.09. The van der Waals surface area contributed by atoms with Crippen molar-refractivity contribution < 1.29 is 9.53 Å². The second kappa shape index (κ2) is 6.83. The molecular formula is C12H23NO2. The average Bonchev–Trinajstić information content (AvgIpc) is 2.99. The van der Waals surface area contributed by atoms with Crippen LogP contribution >= 0.6 is 0 Å². The zero-order chi connectivity index (χ0) is 11.1. The molecule has 0 radical (unpaired) electrons. The van der Waals surface area contributed by atoms with E-state index in [1.165, 1.54) is 12.8 Å². The smallest absolute Gasteiger partial charge is 0.305 e. The Morgan fingerprint density at radius 3 is 2.80 bits per heavy atom. The van der Waals surface area contributed by atoms with E-state index in [9.17, 15) is 4.79 Å². The second-order valence-electron chi connectivity index (χ2n) is 4.67. The van der Waals surface area contributed by atoms with Crippen molar-refractivity contribution in [2.45, 2.75) is 45.4 Å². The highest BCUT2D eigenvalue weighted by atomic mass is 16.5. The van der Waals surface area contributed by atoms with Gasteiger partial charge in [-0.15, -0.1) is 0 Å². The maximum Gasteiger partial charge on any atom is 0.305 e. The fourth-order valence-corrected chi connectivity index (χ4v) is 1.61. The van der Waals surface area contributed by atoms with Crippen molar-refractivity contribution in [3.05, 3.63) is 0 Å². The predicted molar refractivity (Wildman–Crippen MR) is 60.4 cm³/mol. The summed E-state index contributed by atoms with van der Waals surface area (Å²) in [6.45, 7) is 3.46. The molecular weight excluding hydrogens is 190 g/mol. The Kier molecular flexibility index (Phi) is 5.69. The van der Waals surface area contributed by atoms with Gasteiger partial charge in [0.15, 0.2) is 0 Å². The zero-order valence-electron chi connectivity index (χ0n) is 9.71. The Hall–Kier alpha value is -0.570. The third-order valence-electron chi connectivity index (χ3n) is 2.99. The number of hydrogen-bond donors (Lipinski definition) is 1. The Morgan fingerprint density at radius 2 is 2.20 bits per heavy atom. The van der Waals surface area contributed by atoms with Gasteiger partial charge in [-0.2, -0.15) is 0 Å². The van der Waals surface area contributed by atoms with Crippen LogP contribution in [0.1, 0.15) is 45.4 Å². The molecule has 1 fully saturated rings. The first-order valence-electron chi connectivity index (χ1n) is 6.08. The number of ether oxygens (including phenoxy) is 1. The first kappa shape index (κ1) is 12.5. The van der Waals surface area contributed by atoms with Crippen LogP contribution in [0, 0.1) is 11.8 Å². The summed E-state index contributed by atoms with van der Waals surface area (Å²) in [6, 6.07) is 0. The van der Waals surface area contributed by atoms with Gasteiger partial charge < -0.3 is 10.5 Å². The molecule has 1 unspecified atom stereocenters. The number of hydrogen-bond acceptors (Lipinski definition) is 3. The molecule has 2 N–H and O–H groups in total. The summed E-state index contributed by atoms with van der Waals surface area (Å²) in [5.41, 5.74) is 5.44. The van der Waals surface area contributed by atoms with Crippen molar-refractivity contribution >= 4 is 5.97 Å². The fourth-order valence-electron chi connectivity index (χ4n) is 1.61. The monoisotopic (exact) mass is 213 g/mol. The van der Waals surface area contributed by atoms with Gasteiger partial charge >= 0.3 is 5.97 Å². The molecule has 1 saturated carbocycles. The molecule has 1 aliphatic rings. The second-order valence-corrected chi connectivity index (χ2v) is 4.67. The Labute approximate surface area is 92.4 Å². The Bertz CT molecular complexity index is 190. The standard InChI is InChI=1S/C12H23NO2/c1-10(6-8-13)2-5-12(14)15-9-7-11-3-4-11/h10-11H,2-9,13H2,1H3. The minimum absolute atomic E-state index is 0.0421. The quantitative estimate of drug-likeness (QED) is 0.628. The van der Waals surface area contributed by atoms with Crippen LogP contribution < -0.4 is 5.73 Å². The zero-order valence-corrected chi connectivity index (χ0v) is 9.71. The fraction of sp³-hybridized carbons (Fsp3) is 0.917. The van der Waals surface area contributed by atoms with E-state index >= 15 is 0 Å². The first-order chi connectivity index (χ1) is 7.22. The first-order valence-corrected chi connectivity index (χ1v) is 6.08. The van der Waals surface area contributed by atoms with E-state index in [-0.39, 0.29) is 5.97 Å². The van der Waals surface area contributed by atoms with Gasteiger partial charge in [0.2, 0.25) is 0 Å². The lowest BCUT2D eigenvalue weighted by Crippen LogP contribution is -2.10. The van der Waals surface area contributed by atoms with Crippen LogP contribution in [0.25, 0.3) is 0 Å². The van der Waals surface area contributed by atoms with Gasteiger partial charge in [-0.1, -0.05) is 19.8 Å². The maximum atomic E-state index is 11.3. The minimum atomic E-state index is -0.0421. The molecule has 15 heavy (non-hydrogen) atoms. The van der Waals surface area contributed by atoms with Crippen molar-refractivity contribution in [3.8, 4) is 0 Å². The van der Waals surface area contributed by atoms with Crippen molar-refractivity contribution in [2.75, 3.05) is 13.2 Å². The molecule has 1 aliphatic carbocycles. The van der Waals surface area contributed by atoms with Gasteiger partial charge in [0.1, 0.15) is 0 Å². The van der Waals surface area contributed by atoms with Crippen molar-refractivity contribution in [1.82, 2.24) is 0 Å². The van der Waals surface area contributed by atoms with Gasteiger partial charge in [0.25, 0.3) is 0 Å². The molecule has 3 nitrogen and oxygen atoms in total. The summed E-state index contributed by atoms with van der Waals surface area (Å²) in [6.07, 6.45) is 6.15. The average molecular weight is 213 g/mol. The molecule has 0 aliphatic heterocycles. The topological polar surface area (TPSA) is 52.3 Å². The largest absolute Gasteiger partial charge is 0.466 e. The summed E-state index contributed by atoms with van der Waals surface area (Å²) >= 11 is 0. The number of rotatable bonds is 8. The molecule has 0 aromatic heterocycles. The lowest BCUT2D eigenvalue weighted by atomic mass is 10.0. The van der Waals surface area contributed by atoms with Crippen LogP contribution in [0.5, 0.6) is 0 Å². The van der Waals surface area contributed by atoms with Gasteiger partial charge in [-0.3, -0.25) is 4.79 Å². The van der Waals surface area contributed by atoms with E-state index in [2.05, 4.69) is 6.92 Å². The molecule has 0 spiro atoms. The van der Waals surface area contributed by atoms with E-state index in [1.54, 1.807) is 0 Å². The van der Waals surface area contributed by atoms with Crippen LogP contribution in [0.4, 0.5) is 0 Å². The van der Waals surface area contributed by atoms with E-state index in [0.29, 0.717) is 25.5 Å². The van der Waals surface area contributed by atoms with Crippen molar-refractivity contribution in [1.29, 1.82) is 0 Å². The van der Waals surface area contributed by atoms with Crippen LogP contribution in [0.15, 0.2) is 0 Å². The molecule has 0 bridgehead atoms. The highest BCUT2D eigenvalue weighted by molar-refractivity contribution is 5.69. The number of carbonyl (C=O) groups excluding carboxylic acids is 1. The van der Waals surface area contributed by atoms with E-state index < -0.39 is 0 Å². The van der Waals surface area contributed by atoms with Crippen LogP contribution in [0.2, 0.25) is 0 Å². The van der Waals surface area contributed by atoms with E-state index in [0.717, 1.165) is 25.2 Å². The van der Waals surface area contributed by atoms with E-state index in [4.69, 9.17) is 10.5 Å². The number of nitrogens with two attached hydrogens (primary N) is 1. The van der Waals surface area contributed by atoms with Gasteiger partial charge in [0, 0.05) is 6.42 Å². The summed E-state index contributed by atoms with van der Waals surface area (Å²) < 4.78 is 5.15. The third kappa shape index (κ3) is 6.50. The van der Waals surface area contributed by atoms with Gasteiger partial charge in [-0.05, 0) is 37.6 Å². The molecule has 0 saturated heterocycles. The molecule has 88 valence electrons. The van der Waals surface area contributed by atoms with Crippen LogP contribution in [0.3, 0.4) is 0 Å². The Morgan fingerprint density at radius 1 is 1.47 bits per heavy atom. The van der Waals surface area contributed by atoms with Gasteiger partial charge in [-0.25, -0.2) is 0 Å². The Balaban J connectivity index is 1.92. The molecule has 0 heterocycles. The van der Waals surface area contributed by atoms with Crippen LogP contribution in [-0.4, -0.2) is 19.1 Å². The highest BCUT2D eigenvalue weighted by Crippen LogP contribution is 2.32. The lowest BCUT2D eigenvalue weighted by molar-refractivity contribution is -0.144. The van der Waals surface area contributed by atoms with Crippen molar-refractivity contribution in [2.24, 2.45) is 17.6 Å². The molecule has 0 aromatic rings. The van der Waals surface area contributed by atoms with Gasteiger partial charge in [0.05, 0.1) is 6.61 Å². The van der Waals surface area contributed by atoms with Crippen molar-refractivity contribution in [3.63, 3.8) is 0 Å². The summed E-state index contributed by atoms with van der Waals surface area (Å²) in [5, 5.41) is 0. The molecule has 1 atom stereocenters. The SMILES string of the molecule is CC(CCN)CCC(=O)OCCC1CC1. The molecule has 3 heteroatoms. The highest BCUT2D eigenvalue weighted by Gasteiger charge is 2.21.